The van der Waals surface area contributed by atoms with Crippen LogP contribution in [-0.4, -0.2) is 11.1 Å². The van der Waals surface area contributed by atoms with Gasteiger partial charge in [0.25, 0.3) is 0 Å². The Kier molecular flexibility index (Phi) is 4.83. The summed E-state index contributed by atoms with van der Waals surface area (Å²) in [6.45, 7) is 5.71. The average molecular weight is 313 g/mol. The lowest BCUT2D eigenvalue weighted by Crippen LogP contribution is -2.26. The number of halogens is 1. The maximum atomic E-state index is 12.0. The molecule has 4 nitrogen and oxygen atoms in total. The van der Waals surface area contributed by atoms with Gasteiger partial charge < -0.3 is 9.84 Å². The second kappa shape index (κ2) is 6.41. The molecule has 1 unspecified atom stereocenters. The molecule has 2 rings (SSSR count). The molecular weight excluding hydrogens is 296 g/mol. The van der Waals surface area contributed by atoms with Gasteiger partial charge in [-0.25, -0.2) is 0 Å². The Labute approximate surface area is 127 Å². The molecule has 20 heavy (non-hydrogen) atoms. The molecule has 0 aromatic carbocycles. The maximum Gasteiger partial charge on any atom is 0.220 e. The number of thiophene rings is 1. The monoisotopic (exact) mass is 312 g/mol. The molecule has 0 saturated heterocycles. The van der Waals surface area contributed by atoms with Crippen LogP contribution in [0.5, 0.6) is 0 Å². The van der Waals surface area contributed by atoms with Gasteiger partial charge >= 0.3 is 0 Å². The third kappa shape index (κ3) is 3.61. The highest BCUT2D eigenvalue weighted by Crippen LogP contribution is 2.26. The molecule has 6 heteroatoms. The normalized spacial score (nSPS) is 12.4. The molecule has 0 aliphatic rings. The number of amides is 1. The summed E-state index contributed by atoms with van der Waals surface area (Å²) < 4.78 is 5.82. The Bertz CT molecular complexity index is 587. The van der Waals surface area contributed by atoms with Crippen LogP contribution in [0.4, 0.5) is 0 Å². The lowest BCUT2D eigenvalue weighted by atomic mass is 10.1. The fraction of sp³-hybridized carbons (Fsp3) is 0.429. The summed E-state index contributed by atoms with van der Waals surface area (Å²) in [6.07, 6.45) is 1.07. The van der Waals surface area contributed by atoms with E-state index in [1.54, 1.807) is 0 Å². The molecule has 2 aromatic rings. The van der Waals surface area contributed by atoms with E-state index in [2.05, 4.69) is 10.5 Å². The number of aryl methyl sites for hydroxylation is 2. The second-order valence-electron chi connectivity index (χ2n) is 4.73. The number of carbonyl (C=O) groups is 1. The van der Waals surface area contributed by atoms with E-state index in [1.165, 1.54) is 11.3 Å². The van der Waals surface area contributed by atoms with Crippen molar-refractivity contribution < 1.29 is 9.32 Å². The van der Waals surface area contributed by atoms with Crippen LogP contribution in [-0.2, 0) is 11.2 Å². The van der Waals surface area contributed by atoms with E-state index in [0.717, 1.165) is 26.2 Å². The minimum absolute atomic E-state index is 0.0158. The minimum atomic E-state index is -0.0235. The third-order valence-electron chi connectivity index (χ3n) is 3.18. The number of hydrogen-bond acceptors (Lipinski definition) is 4. The van der Waals surface area contributed by atoms with Crippen molar-refractivity contribution >= 4 is 28.8 Å². The Balaban J connectivity index is 1.87. The molecule has 1 atom stereocenters. The first-order valence-corrected chi connectivity index (χ1v) is 7.63. The molecule has 0 fully saturated rings. The van der Waals surface area contributed by atoms with Crippen molar-refractivity contribution in [3.8, 4) is 0 Å². The van der Waals surface area contributed by atoms with E-state index in [4.69, 9.17) is 16.1 Å². The first kappa shape index (κ1) is 15.1. The summed E-state index contributed by atoms with van der Waals surface area (Å²) in [5.74, 6) is 0.801. The SMILES string of the molecule is Cc1noc(C)c1CCC(=O)NC(C)c1ccc(Cl)s1. The van der Waals surface area contributed by atoms with Gasteiger partial charge in [-0.1, -0.05) is 16.8 Å². The molecule has 0 aliphatic heterocycles. The summed E-state index contributed by atoms with van der Waals surface area (Å²) in [5.41, 5.74) is 1.88. The predicted octanol–water partition coefficient (Wildman–Crippen LogP) is 3.82. The minimum Gasteiger partial charge on any atom is -0.361 e. The molecular formula is C14H17ClN2O2S. The molecule has 0 spiro atoms. The van der Waals surface area contributed by atoms with Gasteiger partial charge in [-0.2, -0.15) is 0 Å². The highest BCUT2D eigenvalue weighted by molar-refractivity contribution is 7.16. The molecule has 0 bridgehead atoms. The molecule has 108 valence electrons. The zero-order valence-electron chi connectivity index (χ0n) is 11.7. The summed E-state index contributed by atoms with van der Waals surface area (Å²) in [6, 6.07) is 3.75. The Morgan fingerprint density at radius 3 is 2.80 bits per heavy atom. The Morgan fingerprint density at radius 1 is 1.50 bits per heavy atom. The zero-order valence-corrected chi connectivity index (χ0v) is 13.3. The fourth-order valence-corrected chi connectivity index (χ4v) is 3.11. The van der Waals surface area contributed by atoms with Gasteiger partial charge in [-0.3, -0.25) is 4.79 Å². The van der Waals surface area contributed by atoms with Crippen LogP contribution in [0.15, 0.2) is 16.7 Å². The van der Waals surface area contributed by atoms with E-state index < -0.39 is 0 Å². The largest absolute Gasteiger partial charge is 0.361 e. The van der Waals surface area contributed by atoms with Gasteiger partial charge in [-0.15, -0.1) is 11.3 Å². The van der Waals surface area contributed by atoms with E-state index in [1.807, 2.05) is 32.9 Å². The molecule has 0 aliphatic carbocycles. The molecule has 1 amide bonds. The quantitative estimate of drug-likeness (QED) is 0.913. The van der Waals surface area contributed by atoms with Gasteiger partial charge in [-0.05, 0) is 39.3 Å². The maximum absolute atomic E-state index is 12.0. The van der Waals surface area contributed by atoms with Crippen molar-refractivity contribution in [3.63, 3.8) is 0 Å². The molecule has 2 heterocycles. The van der Waals surface area contributed by atoms with Crippen molar-refractivity contribution in [2.24, 2.45) is 0 Å². The van der Waals surface area contributed by atoms with Gasteiger partial charge in [0.2, 0.25) is 5.91 Å². The number of nitrogens with one attached hydrogen (secondary N) is 1. The number of rotatable bonds is 5. The van der Waals surface area contributed by atoms with E-state index in [-0.39, 0.29) is 11.9 Å². The van der Waals surface area contributed by atoms with E-state index in [0.29, 0.717) is 12.8 Å². The van der Waals surface area contributed by atoms with E-state index in [9.17, 15) is 4.79 Å². The summed E-state index contributed by atoms with van der Waals surface area (Å²) in [4.78, 5) is 13.0. The van der Waals surface area contributed by atoms with Gasteiger partial charge in [0.1, 0.15) is 5.76 Å². The van der Waals surface area contributed by atoms with Crippen LogP contribution in [0.3, 0.4) is 0 Å². The van der Waals surface area contributed by atoms with Crippen LogP contribution < -0.4 is 5.32 Å². The van der Waals surface area contributed by atoms with Gasteiger partial charge in [0.05, 0.1) is 16.1 Å². The van der Waals surface area contributed by atoms with Crippen LogP contribution in [0.25, 0.3) is 0 Å². The third-order valence-corrected chi connectivity index (χ3v) is 4.60. The average Bonchev–Trinajstić information content (AvgIpc) is 2.95. The molecule has 0 saturated carbocycles. The molecule has 2 aromatic heterocycles. The van der Waals surface area contributed by atoms with Crippen molar-refractivity contribution in [1.29, 1.82) is 0 Å². The summed E-state index contributed by atoms with van der Waals surface area (Å²) >= 11 is 7.38. The Hall–Kier alpha value is -1.33. The van der Waals surface area contributed by atoms with Crippen LogP contribution in [0, 0.1) is 13.8 Å². The molecule has 1 N–H and O–H groups in total. The van der Waals surface area contributed by atoms with Crippen molar-refractivity contribution in [2.45, 2.75) is 39.7 Å². The lowest BCUT2D eigenvalue weighted by molar-refractivity contribution is -0.121. The summed E-state index contributed by atoms with van der Waals surface area (Å²) in [5, 5.41) is 6.86. The first-order valence-electron chi connectivity index (χ1n) is 6.43. The van der Waals surface area contributed by atoms with Crippen LogP contribution in [0.2, 0.25) is 4.34 Å². The molecule has 0 radical (unpaired) electrons. The van der Waals surface area contributed by atoms with Crippen molar-refractivity contribution in [3.05, 3.63) is 38.4 Å². The predicted molar refractivity (Wildman–Crippen MR) is 80.2 cm³/mol. The van der Waals surface area contributed by atoms with Crippen LogP contribution in [0.1, 0.15) is 41.3 Å². The fourth-order valence-electron chi connectivity index (χ4n) is 2.04. The number of nitrogens with zero attached hydrogens (tertiary/aromatic N) is 1. The summed E-state index contributed by atoms with van der Waals surface area (Å²) in [7, 11) is 0. The van der Waals surface area contributed by atoms with Gasteiger partial charge in [0.15, 0.2) is 0 Å². The highest BCUT2D eigenvalue weighted by atomic mass is 35.5. The Morgan fingerprint density at radius 2 is 2.25 bits per heavy atom. The number of aromatic nitrogens is 1. The van der Waals surface area contributed by atoms with Crippen LogP contribution >= 0.6 is 22.9 Å². The topological polar surface area (TPSA) is 55.1 Å². The standard InChI is InChI=1S/C14H17ClN2O2S/c1-8-11(10(3)19-17-8)4-7-14(18)16-9(2)12-5-6-13(15)20-12/h5-6,9H,4,7H2,1-3H3,(H,16,18). The van der Waals surface area contributed by atoms with E-state index >= 15 is 0 Å². The van der Waals surface area contributed by atoms with Crippen molar-refractivity contribution in [2.75, 3.05) is 0 Å². The smallest absolute Gasteiger partial charge is 0.220 e. The first-order chi connectivity index (χ1) is 9.47. The second-order valence-corrected chi connectivity index (χ2v) is 6.48. The van der Waals surface area contributed by atoms with Gasteiger partial charge in [0, 0.05) is 16.9 Å². The van der Waals surface area contributed by atoms with Crippen molar-refractivity contribution in [1.82, 2.24) is 10.5 Å². The zero-order chi connectivity index (χ0) is 14.7. The highest BCUT2D eigenvalue weighted by Gasteiger charge is 2.14. The number of carbonyl (C=O) groups excluding carboxylic acids is 1. The lowest BCUT2D eigenvalue weighted by Gasteiger charge is -2.12. The number of hydrogen-bond donors (Lipinski definition) is 1.